The normalized spacial score (nSPS) is 11.3. The lowest BCUT2D eigenvalue weighted by Crippen LogP contribution is -2.32. The molecular formula is C29H24ClFN2O3S. The number of aromatic amines is 1. The van der Waals surface area contributed by atoms with Crippen LogP contribution in [0.1, 0.15) is 31.9 Å². The number of nitrogens with zero attached hydrogens (tertiary/aromatic N) is 1. The Morgan fingerprint density at radius 2 is 1.81 bits per heavy atom. The zero-order chi connectivity index (χ0) is 26.3. The topological polar surface area (TPSA) is 62.4 Å². The molecule has 0 unspecified atom stereocenters. The van der Waals surface area contributed by atoms with E-state index in [9.17, 15) is 14.0 Å². The highest BCUT2D eigenvalue weighted by molar-refractivity contribution is 7.21. The van der Waals surface area contributed by atoms with E-state index in [1.54, 1.807) is 18.1 Å². The SMILES string of the molecule is COc1ccc(CN(Cc2cc3ccc(C)c(C)c3[nH]c2=O)C(=O)c2sc3cc(F)ccc3c2Cl)cc1. The summed E-state index contributed by atoms with van der Waals surface area (Å²) in [5.41, 5.74) is 3.95. The first-order chi connectivity index (χ1) is 17.7. The van der Waals surface area contributed by atoms with Gasteiger partial charge in [-0.2, -0.15) is 0 Å². The maximum Gasteiger partial charge on any atom is 0.266 e. The summed E-state index contributed by atoms with van der Waals surface area (Å²) in [5, 5.41) is 1.79. The second kappa shape index (κ2) is 10.00. The van der Waals surface area contributed by atoms with Crippen molar-refractivity contribution in [2.75, 3.05) is 7.11 Å². The molecule has 37 heavy (non-hydrogen) atoms. The van der Waals surface area contributed by atoms with E-state index >= 15 is 0 Å². The molecule has 0 radical (unpaired) electrons. The van der Waals surface area contributed by atoms with E-state index in [2.05, 4.69) is 4.98 Å². The quantitative estimate of drug-likeness (QED) is 0.255. The number of hydrogen-bond acceptors (Lipinski definition) is 4. The number of rotatable bonds is 6. The summed E-state index contributed by atoms with van der Waals surface area (Å²) in [6.07, 6.45) is 0. The van der Waals surface area contributed by atoms with Gasteiger partial charge in [0.25, 0.3) is 11.5 Å². The molecule has 0 aliphatic heterocycles. The number of benzene rings is 3. The predicted octanol–water partition coefficient (Wildman–Crippen LogP) is 7.00. The molecular weight excluding hydrogens is 511 g/mol. The third-order valence-electron chi connectivity index (χ3n) is 6.59. The fourth-order valence-corrected chi connectivity index (χ4v) is 5.87. The molecule has 1 N–H and O–H groups in total. The van der Waals surface area contributed by atoms with Gasteiger partial charge in [0.2, 0.25) is 0 Å². The highest BCUT2D eigenvalue weighted by Gasteiger charge is 2.24. The van der Waals surface area contributed by atoms with Gasteiger partial charge >= 0.3 is 0 Å². The molecule has 3 aromatic carbocycles. The van der Waals surface area contributed by atoms with Gasteiger partial charge in [0.15, 0.2) is 0 Å². The molecule has 0 saturated heterocycles. The van der Waals surface area contributed by atoms with E-state index in [4.69, 9.17) is 16.3 Å². The zero-order valence-corrected chi connectivity index (χ0v) is 22.1. The Bertz CT molecular complexity index is 1710. The molecule has 0 atom stereocenters. The largest absolute Gasteiger partial charge is 0.497 e. The minimum absolute atomic E-state index is 0.0714. The van der Waals surface area contributed by atoms with Crippen LogP contribution in [0, 0.1) is 19.7 Å². The van der Waals surface area contributed by atoms with Crippen LogP contribution in [0.4, 0.5) is 4.39 Å². The zero-order valence-electron chi connectivity index (χ0n) is 20.5. The van der Waals surface area contributed by atoms with E-state index in [1.807, 2.05) is 56.3 Å². The molecule has 188 valence electrons. The molecule has 0 aliphatic rings. The van der Waals surface area contributed by atoms with Gasteiger partial charge in [-0.15, -0.1) is 11.3 Å². The highest BCUT2D eigenvalue weighted by atomic mass is 35.5. The number of aromatic nitrogens is 1. The number of amides is 1. The molecule has 5 rings (SSSR count). The van der Waals surface area contributed by atoms with E-state index in [0.717, 1.165) is 38.9 Å². The number of H-pyrrole nitrogens is 1. The van der Waals surface area contributed by atoms with Crippen molar-refractivity contribution >= 4 is 49.8 Å². The number of hydrogen-bond donors (Lipinski definition) is 1. The fraction of sp³-hybridized carbons (Fsp3) is 0.172. The van der Waals surface area contributed by atoms with Crippen molar-refractivity contribution in [3.63, 3.8) is 0 Å². The number of carbonyl (C=O) groups is 1. The van der Waals surface area contributed by atoms with Gasteiger partial charge in [-0.1, -0.05) is 35.9 Å². The van der Waals surface area contributed by atoms with Crippen LogP contribution >= 0.6 is 22.9 Å². The summed E-state index contributed by atoms with van der Waals surface area (Å²) in [6, 6.07) is 17.5. The lowest BCUT2D eigenvalue weighted by Gasteiger charge is -2.23. The van der Waals surface area contributed by atoms with Gasteiger partial charge in [0, 0.05) is 22.2 Å². The van der Waals surface area contributed by atoms with E-state index < -0.39 is 5.82 Å². The summed E-state index contributed by atoms with van der Waals surface area (Å²) in [6.45, 7) is 4.28. The average molecular weight is 535 g/mol. The predicted molar refractivity (Wildman–Crippen MR) is 147 cm³/mol. The van der Waals surface area contributed by atoms with Crippen molar-refractivity contribution in [1.82, 2.24) is 9.88 Å². The molecule has 2 aromatic heterocycles. The molecule has 1 amide bonds. The summed E-state index contributed by atoms with van der Waals surface area (Å²) < 4.78 is 19.7. The van der Waals surface area contributed by atoms with Crippen LogP contribution in [-0.4, -0.2) is 22.9 Å². The summed E-state index contributed by atoms with van der Waals surface area (Å²) in [7, 11) is 1.59. The van der Waals surface area contributed by atoms with Gasteiger partial charge < -0.3 is 14.6 Å². The lowest BCUT2D eigenvalue weighted by molar-refractivity contribution is 0.0734. The van der Waals surface area contributed by atoms with E-state index in [-0.39, 0.29) is 29.6 Å². The van der Waals surface area contributed by atoms with Gasteiger partial charge in [0.1, 0.15) is 16.4 Å². The standard InChI is InChI=1S/C29H24ClFN2O3S/c1-16-4-7-19-12-20(28(34)32-26(19)17(16)2)15-33(14-18-5-9-22(36-3)10-6-18)29(35)27-25(30)23-11-8-21(31)13-24(23)37-27/h4-13H,14-15H2,1-3H3,(H,32,34). The van der Waals surface area contributed by atoms with Crippen LogP contribution in [0.25, 0.3) is 21.0 Å². The molecule has 8 heteroatoms. The average Bonchev–Trinajstić information content (AvgIpc) is 3.22. The van der Waals surface area contributed by atoms with Crippen LogP contribution in [0.2, 0.25) is 5.02 Å². The maximum atomic E-state index is 13.8. The van der Waals surface area contributed by atoms with Crippen molar-refractivity contribution in [2.24, 2.45) is 0 Å². The molecule has 0 aliphatic carbocycles. The minimum Gasteiger partial charge on any atom is -0.497 e. The van der Waals surface area contributed by atoms with Gasteiger partial charge in [-0.25, -0.2) is 4.39 Å². The van der Waals surface area contributed by atoms with Gasteiger partial charge in [-0.05, 0) is 72.3 Å². The number of aryl methyl sites for hydroxylation is 2. The van der Waals surface area contributed by atoms with E-state index in [1.165, 1.54) is 12.1 Å². The molecule has 5 aromatic rings. The first-order valence-electron chi connectivity index (χ1n) is 11.7. The number of ether oxygens (including phenoxy) is 1. The highest BCUT2D eigenvalue weighted by Crippen LogP contribution is 2.37. The number of carbonyl (C=O) groups excluding carboxylic acids is 1. The van der Waals surface area contributed by atoms with Gasteiger partial charge in [-0.3, -0.25) is 9.59 Å². The summed E-state index contributed by atoms with van der Waals surface area (Å²) >= 11 is 7.73. The smallest absolute Gasteiger partial charge is 0.266 e. The van der Waals surface area contributed by atoms with Crippen LogP contribution in [-0.2, 0) is 13.1 Å². The van der Waals surface area contributed by atoms with Crippen molar-refractivity contribution in [2.45, 2.75) is 26.9 Å². The first-order valence-corrected chi connectivity index (χ1v) is 12.9. The second-order valence-electron chi connectivity index (χ2n) is 8.99. The van der Waals surface area contributed by atoms with Crippen LogP contribution in [0.3, 0.4) is 0 Å². The maximum absolute atomic E-state index is 13.8. The van der Waals surface area contributed by atoms with Crippen LogP contribution in [0.5, 0.6) is 5.75 Å². The first kappa shape index (κ1) is 25.0. The molecule has 2 heterocycles. The van der Waals surface area contributed by atoms with Crippen molar-refractivity contribution in [1.29, 1.82) is 0 Å². The Morgan fingerprint density at radius 3 is 2.54 bits per heavy atom. The molecule has 0 bridgehead atoms. The van der Waals surface area contributed by atoms with Crippen molar-refractivity contribution in [3.8, 4) is 5.75 Å². The number of halogens is 2. The van der Waals surface area contributed by atoms with Crippen molar-refractivity contribution in [3.05, 3.63) is 109 Å². The summed E-state index contributed by atoms with van der Waals surface area (Å²) in [4.78, 5) is 31.8. The molecule has 0 spiro atoms. The van der Waals surface area contributed by atoms with E-state index in [0.29, 0.717) is 26.3 Å². The third kappa shape index (κ3) is 4.84. The van der Waals surface area contributed by atoms with Crippen LogP contribution in [0.15, 0.2) is 65.5 Å². The third-order valence-corrected chi connectivity index (χ3v) is 8.24. The van der Waals surface area contributed by atoms with Crippen molar-refractivity contribution < 1.29 is 13.9 Å². The monoisotopic (exact) mass is 534 g/mol. The molecule has 5 nitrogen and oxygen atoms in total. The number of pyridine rings is 1. The Kier molecular flexibility index (Phi) is 6.75. The molecule has 0 saturated carbocycles. The lowest BCUT2D eigenvalue weighted by atomic mass is 10.0. The number of methoxy groups -OCH3 is 1. The Morgan fingerprint density at radius 1 is 1.05 bits per heavy atom. The second-order valence-corrected chi connectivity index (χ2v) is 10.4. The van der Waals surface area contributed by atoms with Gasteiger partial charge in [0.05, 0.1) is 24.2 Å². The minimum atomic E-state index is -0.396. The van der Waals surface area contributed by atoms with Crippen LogP contribution < -0.4 is 10.3 Å². The Labute approximate surface area is 222 Å². The number of thiophene rings is 1. The molecule has 0 fully saturated rings. The number of nitrogens with one attached hydrogen (secondary N) is 1. The Balaban J connectivity index is 1.56. The fourth-order valence-electron chi connectivity index (χ4n) is 4.36. The Hall–Kier alpha value is -3.68. The summed E-state index contributed by atoms with van der Waals surface area (Å²) in [5.74, 6) is -0.0254. The number of fused-ring (bicyclic) bond motifs is 2.